The highest BCUT2D eigenvalue weighted by Gasteiger charge is 2.07. The summed E-state index contributed by atoms with van der Waals surface area (Å²) in [5.74, 6) is 1.64. The van der Waals surface area contributed by atoms with E-state index in [2.05, 4.69) is 20.8 Å². The van der Waals surface area contributed by atoms with Gasteiger partial charge in [-0.3, -0.25) is 4.79 Å². The molecule has 0 fully saturated rings. The maximum absolute atomic E-state index is 11.5. The molecular weight excluding hydrogens is 212 g/mol. The molecule has 0 aliphatic rings. The van der Waals surface area contributed by atoms with Crippen molar-refractivity contribution in [3.8, 4) is 5.75 Å². The van der Waals surface area contributed by atoms with Crippen LogP contribution in [0.1, 0.15) is 50.9 Å². The molecule has 0 saturated heterocycles. The molecule has 0 N–H and O–H groups in total. The van der Waals surface area contributed by atoms with Crippen molar-refractivity contribution >= 4 is 5.78 Å². The maximum Gasteiger partial charge on any atom is 0.162 e. The van der Waals surface area contributed by atoms with Gasteiger partial charge in [-0.15, -0.1) is 0 Å². The Balaban J connectivity index is 2.59. The van der Waals surface area contributed by atoms with E-state index in [1.807, 2.05) is 31.2 Å². The Hall–Kier alpha value is -1.31. The Labute approximate surface area is 104 Å². The lowest BCUT2D eigenvalue weighted by molar-refractivity contribution is 0.0988. The van der Waals surface area contributed by atoms with Gasteiger partial charge in [-0.25, -0.2) is 0 Å². The normalized spacial score (nSPS) is 12.5. The summed E-state index contributed by atoms with van der Waals surface area (Å²) in [6, 6.07) is 7.42. The van der Waals surface area contributed by atoms with Crippen LogP contribution in [-0.4, -0.2) is 11.9 Å². The predicted octanol–water partition coefficient (Wildman–Crippen LogP) is 4.09. The van der Waals surface area contributed by atoms with E-state index < -0.39 is 0 Å². The fourth-order valence-corrected chi connectivity index (χ4v) is 1.87. The summed E-state index contributed by atoms with van der Waals surface area (Å²) in [5, 5.41) is 0. The summed E-state index contributed by atoms with van der Waals surface area (Å²) in [4.78, 5) is 11.5. The fourth-order valence-electron chi connectivity index (χ4n) is 1.87. The molecule has 1 aromatic carbocycles. The van der Waals surface area contributed by atoms with Crippen molar-refractivity contribution in [1.29, 1.82) is 0 Å². The van der Waals surface area contributed by atoms with Crippen molar-refractivity contribution in [3.05, 3.63) is 29.8 Å². The molecule has 1 rings (SSSR count). The minimum Gasteiger partial charge on any atom is -0.491 e. The number of carbonyl (C=O) groups excluding carboxylic acids is 1. The van der Waals surface area contributed by atoms with Gasteiger partial charge in [-0.2, -0.15) is 0 Å². The number of hydrogen-bond acceptors (Lipinski definition) is 2. The Bertz CT molecular complexity index is 352. The molecule has 2 heteroatoms. The minimum atomic E-state index is 0.173. The van der Waals surface area contributed by atoms with Crippen LogP contribution in [0.4, 0.5) is 0 Å². The van der Waals surface area contributed by atoms with Gasteiger partial charge in [-0.05, 0) is 43.5 Å². The van der Waals surface area contributed by atoms with Crippen LogP contribution in [-0.2, 0) is 0 Å². The van der Waals surface area contributed by atoms with E-state index in [4.69, 9.17) is 4.74 Å². The third kappa shape index (κ3) is 4.59. The lowest BCUT2D eigenvalue weighted by Crippen LogP contribution is -2.14. The third-order valence-electron chi connectivity index (χ3n) is 2.64. The average molecular weight is 234 g/mol. The van der Waals surface area contributed by atoms with Crippen LogP contribution in [0, 0.1) is 5.92 Å². The molecule has 0 saturated carbocycles. The van der Waals surface area contributed by atoms with E-state index in [1.165, 1.54) is 0 Å². The zero-order valence-electron chi connectivity index (χ0n) is 11.2. The number of hydrogen-bond donors (Lipinski definition) is 0. The minimum absolute atomic E-state index is 0.173. The summed E-state index contributed by atoms with van der Waals surface area (Å²) in [5.41, 5.74) is 0.761. The van der Waals surface area contributed by atoms with Gasteiger partial charge in [0.2, 0.25) is 0 Å². The molecular formula is C15H22O2. The lowest BCUT2D eigenvalue weighted by Gasteiger charge is -2.16. The predicted molar refractivity (Wildman–Crippen MR) is 70.6 cm³/mol. The monoisotopic (exact) mass is 234 g/mol. The molecule has 17 heavy (non-hydrogen) atoms. The number of carbonyl (C=O) groups is 1. The van der Waals surface area contributed by atoms with E-state index in [0.717, 1.165) is 17.7 Å². The van der Waals surface area contributed by atoms with Crippen molar-refractivity contribution in [1.82, 2.24) is 0 Å². The number of ether oxygens (including phenoxy) is 1. The topological polar surface area (TPSA) is 26.3 Å². The van der Waals surface area contributed by atoms with Gasteiger partial charge in [0.15, 0.2) is 5.78 Å². The van der Waals surface area contributed by atoms with Gasteiger partial charge in [0, 0.05) is 12.0 Å². The van der Waals surface area contributed by atoms with Crippen LogP contribution in [0.2, 0.25) is 0 Å². The highest BCUT2D eigenvalue weighted by atomic mass is 16.5. The second-order valence-corrected chi connectivity index (χ2v) is 4.86. The van der Waals surface area contributed by atoms with Crippen molar-refractivity contribution in [2.75, 3.05) is 0 Å². The SMILES string of the molecule is CCC(=O)c1ccc(OC(C)CC(C)C)cc1. The van der Waals surface area contributed by atoms with Gasteiger partial charge in [0.1, 0.15) is 5.75 Å². The molecule has 1 aromatic rings. The first-order chi connectivity index (χ1) is 8.02. The standard InChI is InChI=1S/C15H22O2/c1-5-15(16)13-6-8-14(9-7-13)17-12(4)10-11(2)3/h6-9,11-12H,5,10H2,1-4H3. The number of Topliss-reactive ketones (excluding diaryl/α,β-unsaturated/α-hetero) is 1. The van der Waals surface area contributed by atoms with Gasteiger partial charge in [0.25, 0.3) is 0 Å². The summed E-state index contributed by atoms with van der Waals surface area (Å²) in [6.45, 7) is 8.31. The Kier molecular flexibility index (Phi) is 5.20. The number of rotatable bonds is 6. The molecule has 0 aromatic heterocycles. The van der Waals surface area contributed by atoms with Gasteiger partial charge in [-0.1, -0.05) is 20.8 Å². The molecule has 94 valence electrons. The van der Waals surface area contributed by atoms with Gasteiger partial charge < -0.3 is 4.74 Å². The van der Waals surface area contributed by atoms with E-state index in [1.54, 1.807) is 0 Å². The molecule has 0 radical (unpaired) electrons. The zero-order chi connectivity index (χ0) is 12.8. The Morgan fingerprint density at radius 3 is 2.24 bits per heavy atom. The summed E-state index contributed by atoms with van der Waals surface area (Å²) in [6.07, 6.45) is 1.79. The number of ketones is 1. The van der Waals surface area contributed by atoms with Crippen LogP contribution in [0.3, 0.4) is 0 Å². The first-order valence-corrected chi connectivity index (χ1v) is 6.32. The van der Waals surface area contributed by atoms with E-state index in [9.17, 15) is 4.79 Å². The summed E-state index contributed by atoms with van der Waals surface area (Å²) in [7, 11) is 0. The second-order valence-electron chi connectivity index (χ2n) is 4.86. The molecule has 1 atom stereocenters. The smallest absolute Gasteiger partial charge is 0.162 e. The third-order valence-corrected chi connectivity index (χ3v) is 2.64. The zero-order valence-corrected chi connectivity index (χ0v) is 11.2. The first kappa shape index (κ1) is 13.8. The number of benzene rings is 1. The van der Waals surface area contributed by atoms with Gasteiger partial charge >= 0.3 is 0 Å². The first-order valence-electron chi connectivity index (χ1n) is 6.32. The highest BCUT2D eigenvalue weighted by Crippen LogP contribution is 2.17. The fraction of sp³-hybridized carbons (Fsp3) is 0.533. The molecule has 1 unspecified atom stereocenters. The quantitative estimate of drug-likeness (QED) is 0.693. The molecule has 0 spiro atoms. The average Bonchev–Trinajstić information content (AvgIpc) is 2.28. The molecule has 0 bridgehead atoms. The second kappa shape index (κ2) is 6.43. The Morgan fingerprint density at radius 2 is 1.76 bits per heavy atom. The van der Waals surface area contributed by atoms with Crippen molar-refractivity contribution in [2.24, 2.45) is 5.92 Å². The molecule has 2 nitrogen and oxygen atoms in total. The maximum atomic E-state index is 11.5. The summed E-state index contributed by atoms with van der Waals surface area (Å²) < 4.78 is 5.78. The van der Waals surface area contributed by atoms with Crippen molar-refractivity contribution in [2.45, 2.75) is 46.6 Å². The van der Waals surface area contributed by atoms with E-state index >= 15 is 0 Å². The van der Waals surface area contributed by atoms with Gasteiger partial charge in [0.05, 0.1) is 6.10 Å². The van der Waals surface area contributed by atoms with Crippen LogP contribution in [0.25, 0.3) is 0 Å². The largest absolute Gasteiger partial charge is 0.491 e. The van der Waals surface area contributed by atoms with Crippen molar-refractivity contribution in [3.63, 3.8) is 0 Å². The van der Waals surface area contributed by atoms with Crippen LogP contribution in [0.5, 0.6) is 5.75 Å². The van der Waals surface area contributed by atoms with E-state index in [-0.39, 0.29) is 11.9 Å². The van der Waals surface area contributed by atoms with Crippen LogP contribution >= 0.6 is 0 Å². The molecule has 0 amide bonds. The van der Waals surface area contributed by atoms with Crippen LogP contribution in [0.15, 0.2) is 24.3 Å². The lowest BCUT2D eigenvalue weighted by atomic mass is 10.1. The molecule has 0 aliphatic heterocycles. The molecule has 0 aliphatic carbocycles. The van der Waals surface area contributed by atoms with E-state index in [0.29, 0.717) is 12.3 Å². The van der Waals surface area contributed by atoms with Crippen LogP contribution < -0.4 is 4.74 Å². The summed E-state index contributed by atoms with van der Waals surface area (Å²) >= 11 is 0. The highest BCUT2D eigenvalue weighted by molar-refractivity contribution is 5.95. The Morgan fingerprint density at radius 1 is 1.18 bits per heavy atom. The molecule has 0 heterocycles. The van der Waals surface area contributed by atoms with Crippen molar-refractivity contribution < 1.29 is 9.53 Å².